The topological polar surface area (TPSA) is 293 Å². The van der Waals surface area contributed by atoms with E-state index in [-0.39, 0.29) is 136 Å². The van der Waals surface area contributed by atoms with Gasteiger partial charge in [0.05, 0.1) is 48.9 Å². The maximum Gasteiger partial charge on any atom is 0.415 e. The molecule has 9 rings (SSSR count). The van der Waals surface area contributed by atoms with Crippen LogP contribution in [0.3, 0.4) is 0 Å². The predicted molar refractivity (Wildman–Crippen MR) is 332 cm³/mol. The number of unbranched alkanes of at least 4 members (excludes halogenated alkanes) is 1. The second-order valence-corrected chi connectivity index (χ2v) is 28.7. The van der Waals surface area contributed by atoms with E-state index in [0.717, 1.165) is 32.1 Å². The molecule has 5 fully saturated rings. The summed E-state index contributed by atoms with van der Waals surface area (Å²) in [7, 11) is 1.60. The number of benzene rings is 1. The first kappa shape index (κ1) is 66.8. The summed E-state index contributed by atoms with van der Waals surface area (Å²) in [6.07, 6.45) is 10.4. The molecule has 0 bridgehead atoms. The van der Waals surface area contributed by atoms with Crippen molar-refractivity contribution in [2.24, 2.45) is 51.3 Å². The number of amides is 4. The summed E-state index contributed by atoms with van der Waals surface area (Å²) >= 11 is 2.62. The van der Waals surface area contributed by atoms with E-state index in [0.29, 0.717) is 104 Å². The smallest absolute Gasteiger partial charge is 0.415 e. The SMILES string of the molecule is CC1=C(C)C(=O)C(C(C)(C)CC(=O)N(C)CCN(CCOCCOCCC(=O)NCCCCC(NC(=O)CC[C@@H](C)[C@H]2CC[C@H]3[C@@H]4CC[C@@H]5C[C@H](O)CC[C@]5(C)[C@H]4C[C@@H]4O[C@@]423)C(=O)O)C(=O)Oc2ccc3nc(C4=NC(C(=O)O)CS4)sc3c2)=C(C)C1=O. The molecule has 482 valence electrons. The third-order valence-corrected chi connectivity index (χ3v) is 22.9. The molecular formula is C65H90N6O15S2. The number of nitrogens with one attached hydrogen (secondary N) is 2. The minimum absolute atomic E-state index is 0.0513. The van der Waals surface area contributed by atoms with Gasteiger partial charge in [-0.1, -0.05) is 27.7 Å². The zero-order valence-corrected chi connectivity index (χ0v) is 54.0. The zero-order chi connectivity index (χ0) is 63.4. The lowest BCUT2D eigenvalue weighted by Crippen LogP contribution is -2.54. The van der Waals surface area contributed by atoms with Crippen molar-refractivity contribution in [3.8, 4) is 5.75 Å². The Labute approximate surface area is 523 Å². The van der Waals surface area contributed by atoms with Gasteiger partial charge in [0, 0.05) is 92.0 Å². The number of epoxide rings is 1. The monoisotopic (exact) mass is 1260 g/mol. The third-order valence-electron chi connectivity index (χ3n) is 20.7. The second-order valence-electron chi connectivity index (χ2n) is 26.6. The number of aromatic nitrogens is 1. The Kier molecular flexibility index (Phi) is 21.5. The highest BCUT2D eigenvalue weighted by Crippen LogP contribution is 2.72. The number of likely N-dealkylation sites (N-methyl/N-ethyl adjacent to an activating group) is 1. The van der Waals surface area contributed by atoms with E-state index in [1.165, 1.54) is 52.2 Å². The van der Waals surface area contributed by atoms with Crippen molar-refractivity contribution in [2.75, 3.05) is 65.4 Å². The summed E-state index contributed by atoms with van der Waals surface area (Å²) in [4.78, 5) is 115. The average molecular weight is 1260 g/mol. The molecule has 2 aromatic rings. The van der Waals surface area contributed by atoms with Gasteiger partial charge >= 0.3 is 18.0 Å². The van der Waals surface area contributed by atoms with Crippen LogP contribution in [0.4, 0.5) is 4.79 Å². The van der Waals surface area contributed by atoms with Crippen molar-refractivity contribution < 1.29 is 72.6 Å². The fourth-order valence-electron chi connectivity index (χ4n) is 15.6. The van der Waals surface area contributed by atoms with Crippen LogP contribution in [0.1, 0.15) is 150 Å². The van der Waals surface area contributed by atoms with E-state index in [4.69, 9.17) is 18.9 Å². The normalized spacial score (nSPS) is 28.0. The summed E-state index contributed by atoms with van der Waals surface area (Å²) in [5.41, 5.74) is 1.27. The summed E-state index contributed by atoms with van der Waals surface area (Å²) in [5, 5.41) is 36.5. The molecule has 4 amide bonds. The van der Waals surface area contributed by atoms with E-state index in [1.54, 1.807) is 59.9 Å². The zero-order valence-electron chi connectivity index (χ0n) is 52.3. The summed E-state index contributed by atoms with van der Waals surface area (Å²) in [5.74, 6) is 0.341. The minimum Gasteiger partial charge on any atom is -0.480 e. The molecule has 1 saturated heterocycles. The first-order chi connectivity index (χ1) is 41.8. The van der Waals surface area contributed by atoms with E-state index >= 15 is 0 Å². The molecule has 7 aliphatic rings. The Balaban J connectivity index is 0.667. The molecule has 23 heteroatoms. The molecule has 2 aliphatic heterocycles. The first-order valence-corrected chi connectivity index (χ1v) is 33.5. The molecule has 3 heterocycles. The number of thiazole rings is 1. The minimum atomic E-state index is -1.08. The van der Waals surface area contributed by atoms with Crippen molar-refractivity contribution >= 4 is 85.7 Å². The van der Waals surface area contributed by atoms with Gasteiger partial charge in [0.2, 0.25) is 17.7 Å². The highest BCUT2D eigenvalue weighted by atomic mass is 32.2. The summed E-state index contributed by atoms with van der Waals surface area (Å²) in [6.45, 7) is 14.2. The molecule has 88 heavy (non-hydrogen) atoms. The predicted octanol–water partition coefficient (Wildman–Crippen LogP) is 8.18. The lowest BCUT2D eigenvalue weighted by molar-refractivity contribution is -0.142. The number of thioether (sulfide) groups is 1. The Morgan fingerprint density at radius 1 is 0.864 bits per heavy atom. The standard InChI is InChI=1S/C65H90N6O15S2/c1-36(44-16-17-45-43-15-13-40-31-41(72)20-22-64(40,7)46(43)33-51-65(44,45)86-51)12-19-53(74)67-48(60(78)79)11-9-10-23-66-52(73)21-27-83-29-30-84-28-26-71(25-24-70(8)54(75)34-63(5,6)55-39(4)56(76)37(2)38(3)57(55)77)62(82)85-42-14-18-47-50(32-42)88-59(68-47)58-69-49(35-87-58)61(80)81/h14,18,32,36,40-41,43-46,48-49,51,72H,9-13,15-17,19-31,33-35H2,1-8H3,(H,66,73)(H,67,74)(H,78,79)(H,80,81)/t36-,40-,41-,43+,44-,45+,46+,48?,49?,51+,64+,65+/m1/s1. The van der Waals surface area contributed by atoms with Gasteiger partial charge in [-0.3, -0.25) is 29.0 Å². The van der Waals surface area contributed by atoms with Crippen LogP contribution in [0, 0.1) is 46.3 Å². The molecule has 1 aromatic carbocycles. The van der Waals surface area contributed by atoms with Crippen LogP contribution in [0.2, 0.25) is 0 Å². The molecule has 4 saturated carbocycles. The van der Waals surface area contributed by atoms with Crippen molar-refractivity contribution in [3.05, 3.63) is 45.5 Å². The summed E-state index contributed by atoms with van der Waals surface area (Å²) < 4.78 is 24.8. The Morgan fingerprint density at radius 3 is 2.35 bits per heavy atom. The molecule has 0 radical (unpaired) electrons. The van der Waals surface area contributed by atoms with Gasteiger partial charge in [0.1, 0.15) is 27.4 Å². The van der Waals surface area contributed by atoms with Crippen LogP contribution < -0.4 is 15.4 Å². The summed E-state index contributed by atoms with van der Waals surface area (Å²) in [6, 6.07) is 3.10. The number of aliphatic carboxylic acids is 2. The molecule has 1 aromatic heterocycles. The van der Waals surface area contributed by atoms with Crippen LogP contribution >= 0.6 is 23.1 Å². The van der Waals surface area contributed by atoms with Gasteiger partial charge in [-0.15, -0.1) is 23.1 Å². The number of aliphatic imine (C=N–C) groups is 1. The van der Waals surface area contributed by atoms with Crippen LogP contribution in [0.25, 0.3) is 10.2 Å². The molecule has 21 nitrogen and oxygen atoms in total. The molecular weight excluding hydrogens is 1170 g/mol. The van der Waals surface area contributed by atoms with Crippen molar-refractivity contribution in [2.45, 2.75) is 175 Å². The number of carboxylic acid groups (broad SMARTS) is 2. The number of ketones is 2. The lowest BCUT2D eigenvalue weighted by atomic mass is 9.46. The number of carboxylic acids is 2. The number of carbonyl (C=O) groups is 8. The molecule has 12 atom stereocenters. The highest BCUT2D eigenvalue weighted by Gasteiger charge is 2.75. The number of rotatable bonds is 29. The third kappa shape index (κ3) is 14.8. The van der Waals surface area contributed by atoms with Crippen molar-refractivity contribution in [3.63, 3.8) is 0 Å². The van der Waals surface area contributed by atoms with Gasteiger partial charge in [-0.05, 0) is 151 Å². The van der Waals surface area contributed by atoms with E-state index in [1.807, 2.05) is 0 Å². The fraction of sp³-hybridized carbons (Fsp3) is 0.692. The number of aliphatic hydroxyl groups is 1. The Bertz CT molecular complexity index is 3100. The second kappa shape index (κ2) is 28.3. The van der Waals surface area contributed by atoms with E-state index in [9.17, 15) is 53.7 Å². The Hall–Kier alpha value is -5.59. The van der Waals surface area contributed by atoms with Crippen molar-refractivity contribution in [1.82, 2.24) is 25.4 Å². The number of hydrogen-bond acceptors (Lipinski definition) is 17. The quantitative estimate of drug-likeness (QED) is 0.0291. The maximum absolute atomic E-state index is 13.9. The number of nitrogens with zero attached hydrogens (tertiary/aromatic N) is 4. The number of ether oxygens (including phenoxy) is 4. The lowest BCUT2D eigenvalue weighted by Gasteiger charge is -2.58. The number of Topliss-reactive ketones (excluding diaryl/α,β-unsaturated/α-hetero) is 2. The maximum atomic E-state index is 13.9. The van der Waals surface area contributed by atoms with Crippen LogP contribution in [-0.4, -0.2) is 178 Å². The van der Waals surface area contributed by atoms with Gasteiger partial charge < -0.3 is 54.7 Å². The van der Waals surface area contributed by atoms with Gasteiger partial charge in [0.25, 0.3) is 0 Å². The molecule has 1 spiro atoms. The molecule has 2 unspecified atom stereocenters. The number of allylic oxidation sites excluding steroid dienone is 4. The van der Waals surface area contributed by atoms with Crippen LogP contribution in [0.5, 0.6) is 5.75 Å². The van der Waals surface area contributed by atoms with Crippen LogP contribution in [0.15, 0.2) is 45.5 Å². The number of aliphatic hydroxyl groups excluding tert-OH is 1. The largest absolute Gasteiger partial charge is 0.480 e. The fourth-order valence-corrected chi connectivity index (χ4v) is 17.7. The van der Waals surface area contributed by atoms with E-state index in [2.05, 4.69) is 34.5 Å². The number of hydrogen-bond donors (Lipinski definition) is 5. The van der Waals surface area contributed by atoms with Gasteiger partial charge in [-0.2, -0.15) is 0 Å². The van der Waals surface area contributed by atoms with Crippen molar-refractivity contribution in [1.29, 1.82) is 0 Å². The average Bonchev–Trinajstić information content (AvgIpc) is 1.50. The number of carbonyl (C=O) groups excluding carboxylic acids is 6. The number of fused-ring (bicyclic) bond motifs is 5. The van der Waals surface area contributed by atoms with Gasteiger partial charge in [-0.25, -0.2) is 19.4 Å². The van der Waals surface area contributed by atoms with Crippen LogP contribution in [-0.2, 0) is 47.8 Å². The highest BCUT2D eigenvalue weighted by molar-refractivity contribution is 8.15. The first-order valence-electron chi connectivity index (χ1n) is 31.7. The molecule has 5 aliphatic carbocycles. The molecule has 5 N–H and O–H groups in total. The van der Waals surface area contributed by atoms with E-state index < -0.39 is 35.5 Å². The van der Waals surface area contributed by atoms with Gasteiger partial charge in [0.15, 0.2) is 17.6 Å². The Morgan fingerprint density at radius 2 is 1.61 bits per heavy atom.